The van der Waals surface area contributed by atoms with Crippen molar-refractivity contribution in [2.24, 2.45) is 11.8 Å². The van der Waals surface area contributed by atoms with Gasteiger partial charge in [-0.15, -0.1) is 0 Å². The summed E-state index contributed by atoms with van der Waals surface area (Å²) in [5.41, 5.74) is 0. The Morgan fingerprint density at radius 3 is 2.65 bits per heavy atom. The molecule has 0 bridgehead atoms. The van der Waals surface area contributed by atoms with Gasteiger partial charge in [0.15, 0.2) is 0 Å². The molecule has 1 N–H and O–H groups in total. The zero-order valence-corrected chi connectivity index (χ0v) is 11.2. The van der Waals surface area contributed by atoms with E-state index in [4.69, 9.17) is 5.11 Å². The Kier molecular flexibility index (Phi) is 4.94. The molecule has 0 saturated carbocycles. The molecule has 1 heterocycles. The third kappa shape index (κ3) is 4.63. The Hall–Kier alpha value is -0.620. The zero-order valence-electron chi connectivity index (χ0n) is 10.4. The fourth-order valence-electron chi connectivity index (χ4n) is 1.98. The normalized spacial score (nSPS) is 22.2. The molecule has 5 nitrogen and oxygen atoms in total. The molecule has 0 aromatic heterocycles. The Labute approximate surface area is 103 Å². The van der Waals surface area contributed by atoms with Crippen molar-refractivity contribution < 1.29 is 18.3 Å². The molecule has 1 fully saturated rings. The van der Waals surface area contributed by atoms with E-state index in [0.717, 1.165) is 0 Å². The standard InChI is InChI=1S/C11H21NO4S/c1-9(2)4-6-17(15,16)12-5-3-10(8-12)7-11(13)14/h9-10H,3-8H2,1-2H3,(H,13,14). The van der Waals surface area contributed by atoms with E-state index in [1.807, 2.05) is 13.8 Å². The monoisotopic (exact) mass is 263 g/mol. The van der Waals surface area contributed by atoms with Crippen molar-refractivity contribution in [2.75, 3.05) is 18.8 Å². The molecule has 1 rings (SSSR count). The molecule has 0 radical (unpaired) electrons. The number of aliphatic carboxylic acids is 1. The van der Waals surface area contributed by atoms with Gasteiger partial charge in [-0.1, -0.05) is 13.8 Å². The van der Waals surface area contributed by atoms with Crippen LogP contribution in [0.5, 0.6) is 0 Å². The Balaban J connectivity index is 2.49. The molecule has 6 heteroatoms. The maximum Gasteiger partial charge on any atom is 0.303 e. The maximum atomic E-state index is 11.9. The van der Waals surface area contributed by atoms with Crippen molar-refractivity contribution in [3.63, 3.8) is 0 Å². The molecule has 0 spiro atoms. The summed E-state index contributed by atoms with van der Waals surface area (Å²) in [6.07, 6.45) is 1.38. The van der Waals surface area contributed by atoms with E-state index in [1.54, 1.807) is 0 Å². The highest BCUT2D eigenvalue weighted by Crippen LogP contribution is 2.23. The summed E-state index contributed by atoms with van der Waals surface area (Å²) in [5.74, 6) is -0.343. The lowest BCUT2D eigenvalue weighted by atomic mass is 10.1. The van der Waals surface area contributed by atoms with E-state index >= 15 is 0 Å². The van der Waals surface area contributed by atoms with Crippen LogP contribution in [-0.2, 0) is 14.8 Å². The van der Waals surface area contributed by atoms with E-state index in [1.165, 1.54) is 4.31 Å². The van der Waals surface area contributed by atoms with E-state index in [2.05, 4.69) is 0 Å². The second kappa shape index (κ2) is 5.82. The molecule has 1 unspecified atom stereocenters. The average molecular weight is 263 g/mol. The quantitative estimate of drug-likeness (QED) is 0.780. The van der Waals surface area contributed by atoms with Crippen molar-refractivity contribution in [3.05, 3.63) is 0 Å². The highest BCUT2D eigenvalue weighted by molar-refractivity contribution is 7.89. The highest BCUT2D eigenvalue weighted by atomic mass is 32.2. The first kappa shape index (κ1) is 14.4. The van der Waals surface area contributed by atoms with Gasteiger partial charge in [0.1, 0.15) is 0 Å². The van der Waals surface area contributed by atoms with Crippen LogP contribution in [0.1, 0.15) is 33.1 Å². The number of carbonyl (C=O) groups is 1. The first-order chi connectivity index (χ1) is 7.81. The second-order valence-corrected chi connectivity index (χ2v) is 7.20. The van der Waals surface area contributed by atoms with Crippen LogP contribution >= 0.6 is 0 Å². The lowest BCUT2D eigenvalue weighted by Gasteiger charge is -2.16. The minimum Gasteiger partial charge on any atom is -0.481 e. The molecular weight excluding hydrogens is 242 g/mol. The van der Waals surface area contributed by atoms with Gasteiger partial charge in [0.2, 0.25) is 10.0 Å². The minimum atomic E-state index is -3.18. The molecule has 0 aliphatic carbocycles. The van der Waals surface area contributed by atoms with E-state index in [0.29, 0.717) is 31.8 Å². The van der Waals surface area contributed by atoms with Crippen LogP contribution in [-0.4, -0.2) is 42.6 Å². The van der Waals surface area contributed by atoms with E-state index in [-0.39, 0.29) is 18.1 Å². The Morgan fingerprint density at radius 2 is 2.12 bits per heavy atom. The van der Waals surface area contributed by atoms with Gasteiger partial charge >= 0.3 is 5.97 Å². The molecule has 17 heavy (non-hydrogen) atoms. The SMILES string of the molecule is CC(C)CCS(=O)(=O)N1CCC(CC(=O)O)C1. The fourth-order valence-corrected chi connectivity index (χ4v) is 3.83. The molecular formula is C11H21NO4S. The van der Waals surface area contributed by atoms with E-state index in [9.17, 15) is 13.2 Å². The minimum absolute atomic E-state index is 0.0266. The van der Waals surface area contributed by atoms with Crippen molar-refractivity contribution in [1.29, 1.82) is 0 Å². The summed E-state index contributed by atoms with van der Waals surface area (Å²) in [4.78, 5) is 10.6. The van der Waals surface area contributed by atoms with Crippen molar-refractivity contribution in [1.82, 2.24) is 4.31 Å². The second-order valence-electron chi connectivity index (χ2n) is 5.11. The summed E-state index contributed by atoms with van der Waals surface area (Å²) in [7, 11) is -3.18. The van der Waals surface area contributed by atoms with Crippen molar-refractivity contribution in [2.45, 2.75) is 33.1 Å². The largest absolute Gasteiger partial charge is 0.481 e. The van der Waals surface area contributed by atoms with Crippen LogP contribution in [0.4, 0.5) is 0 Å². The first-order valence-corrected chi connectivity index (χ1v) is 7.62. The van der Waals surface area contributed by atoms with Gasteiger partial charge in [0.25, 0.3) is 0 Å². The van der Waals surface area contributed by atoms with Crippen molar-refractivity contribution in [3.8, 4) is 0 Å². The van der Waals surface area contributed by atoms with Gasteiger partial charge < -0.3 is 5.11 Å². The van der Waals surface area contributed by atoms with Gasteiger partial charge in [-0.2, -0.15) is 0 Å². The summed E-state index contributed by atoms with van der Waals surface area (Å²) < 4.78 is 25.3. The van der Waals surface area contributed by atoms with Crippen LogP contribution in [0.2, 0.25) is 0 Å². The summed E-state index contributed by atoms with van der Waals surface area (Å²) >= 11 is 0. The molecule has 100 valence electrons. The average Bonchev–Trinajstić information content (AvgIpc) is 2.63. The van der Waals surface area contributed by atoms with E-state index < -0.39 is 16.0 Å². The molecule has 0 aromatic rings. The molecule has 0 aromatic carbocycles. The lowest BCUT2D eigenvalue weighted by Crippen LogP contribution is -2.31. The molecule has 0 amide bonds. The highest BCUT2D eigenvalue weighted by Gasteiger charge is 2.31. The number of hydrogen-bond acceptors (Lipinski definition) is 3. The first-order valence-electron chi connectivity index (χ1n) is 6.01. The smallest absolute Gasteiger partial charge is 0.303 e. The summed E-state index contributed by atoms with van der Waals surface area (Å²) in [6, 6.07) is 0. The topological polar surface area (TPSA) is 74.7 Å². The molecule has 1 aliphatic heterocycles. The predicted molar refractivity (Wildman–Crippen MR) is 65.2 cm³/mol. The van der Waals surface area contributed by atoms with Crippen molar-refractivity contribution >= 4 is 16.0 Å². The molecule has 1 saturated heterocycles. The maximum absolute atomic E-state index is 11.9. The number of carboxylic acids is 1. The summed E-state index contributed by atoms with van der Waals surface area (Å²) in [5, 5.41) is 8.67. The van der Waals surface area contributed by atoms with Gasteiger partial charge in [-0.25, -0.2) is 12.7 Å². The summed E-state index contributed by atoms with van der Waals surface area (Å²) in [6.45, 7) is 4.82. The van der Waals surface area contributed by atoms with Gasteiger partial charge in [-0.05, 0) is 24.7 Å². The predicted octanol–water partition coefficient (Wildman–Crippen LogP) is 1.16. The number of sulfonamides is 1. The van der Waals surface area contributed by atoms with Crippen LogP contribution in [0.25, 0.3) is 0 Å². The lowest BCUT2D eigenvalue weighted by molar-refractivity contribution is -0.137. The third-order valence-electron chi connectivity index (χ3n) is 3.06. The third-order valence-corrected chi connectivity index (χ3v) is 4.93. The molecule has 1 aliphatic rings. The van der Waals surface area contributed by atoms with Gasteiger partial charge in [0.05, 0.1) is 5.75 Å². The number of rotatable bonds is 6. The number of nitrogens with zero attached hydrogens (tertiary/aromatic N) is 1. The number of carboxylic acid groups (broad SMARTS) is 1. The van der Waals surface area contributed by atoms with Crippen LogP contribution in [0.3, 0.4) is 0 Å². The fraction of sp³-hybridized carbons (Fsp3) is 0.909. The number of hydrogen-bond donors (Lipinski definition) is 1. The molecule has 1 atom stereocenters. The van der Waals surface area contributed by atoms with Gasteiger partial charge in [0, 0.05) is 19.5 Å². The van der Waals surface area contributed by atoms with Crippen LogP contribution in [0, 0.1) is 11.8 Å². The zero-order chi connectivity index (χ0) is 13.1. The van der Waals surface area contributed by atoms with Gasteiger partial charge in [-0.3, -0.25) is 4.79 Å². The Morgan fingerprint density at radius 1 is 1.47 bits per heavy atom. The van der Waals surface area contributed by atoms with Crippen LogP contribution < -0.4 is 0 Å². The van der Waals surface area contributed by atoms with Crippen LogP contribution in [0.15, 0.2) is 0 Å². The Bertz CT molecular complexity index is 364.